The number of halogens is 4. The van der Waals surface area contributed by atoms with Gasteiger partial charge in [0.1, 0.15) is 12.4 Å². The Kier molecular flexibility index (Phi) is 6.07. The van der Waals surface area contributed by atoms with Crippen molar-refractivity contribution in [1.29, 1.82) is 0 Å². The van der Waals surface area contributed by atoms with Crippen molar-refractivity contribution in [2.75, 3.05) is 18.0 Å². The summed E-state index contributed by atoms with van der Waals surface area (Å²) in [4.78, 5) is 5.16. The van der Waals surface area contributed by atoms with Crippen molar-refractivity contribution in [3.8, 4) is 0 Å². The Morgan fingerprint density at radius 2 is 2.05 bits per heavy atom. The highest BCUT2D eigenvalue weighted by Gasteiger charge is 2.30. The number of anilines is 1. The SMILES string of the molecule is CCN(CC(F)(F)F)c1cc(CNC(C)C)c(Cl)cn1. The molecule has 1 N–H and O–H groups in total. The average Bonchev–Trinajstić information content (AvgIpc) is 2.34. The van der Waals surface area contributed by atoms with Gasteiger partial charge in [0.05, 0.1) is 5.02 Å². The van der Waals surface area contributed by atoms with E-state index in [1.54, 1.807) is 13.0 Å². The van der Waals surface area contributed by atoms with Gasteiger partial charge in [-0.2, -0.15) is 13.2 Å². The number of aromatic nitrogens is 1. The summed E-state index contributed by atoms with van der Waals surface area (Å²) in [5, 5.41) is 3.63. The Balaban J connectivity index is 2.91. The lowest BCUT2D eigenvalue weighted by atomic mass is 10.2. The van der Waals surface area contributed by atoms with Crippen molar-refractivity contribution in [2.24, 2.45) is 0 Å². The zero-order chi connectivity index (χ0) is 15.3. The summed E-state index contributed by atoms with van der Waals surface area (Å²) >= 11 is 6.02. The molecule has 3 nitrogen and oxygen atoms in total. The van der Waals surface area contributed by atoms with Crippen LogP contribution in [0.3, 0.4) is 0 Å². The number of hydrogen-bond acceptors (Lipinski definition) is 3. The molecule has 0 aliphatic rings. The van der Waals surface area contributed by atoms with Crippen LogP contribution in [0.5, 0.6) is 0 Å². The fourth-order valence-corrected chi connectivity index (χ4v) is 1.83. The van der Waals surface area contributed by atoms with E-state index in [9.17, 15) is 13.2 Å². The quantitative estimate of drug-likeness (QED) is 0.870. The van der Waals surface area contributed by atoms with Gasteiger partial charge < -0.3 is 10.2 Å². The fraction of sp³-hybridized carbons (Fsp3) is 0.615. The van der Waals surface area contributed by atoms with Crippen LogP contribution in [0.15, 0.2) is 12.3 Å². The second-order valence-electron chi connectivity index (χ2n) is 4.80. The van der Waals surface area contributed by atoms with Crippen LogP contribution in [0.4, 0.5) is 19.0 Å². The van der Waals surface area contributed by atoms with Gasteiger partial charge in [0, 0.05) is 25.3 Å². The molecule has 20 heavy (non-hydrogen) atoms. The number of hydrogen-bond donors (Lipinski definition) is 1. The number of pyridine rings is 1. The molecule has 7 heteroatoms. The van der Waals surface area contributed by atoms with Crippen LogP contribution in [-0.2, 0) is 6.54 Å². The predicted octanol–water partition coefficient (Wildman–Crippen LogP) is 3.62. The van der Waals surface area contributed by atoms with Gasteiger partial charge in [-0.1, -0.05) is 25.4 Å². The lowest BCUT2D eigenvalue weighted by Gasteiger charge is -2.24. The van der Waals surface area contributed by atoms with Crippen LogP contribution < -0.4 is 10.2 Å². The summed E-state index contributed by atoms with van der Waals surface area (Å²) in [5.41, 5.74) is 0.742. The van der Waals surface area contributed by atoms with Crippen LogP contribution in [0.2, 0.25) is 5.02 Å². The zero-order valence-corrected chi connectivity index (χ0v) is 12.5. The number of nitrogens with zero attached hydrogens (tertiary/aromatic N) is 2. The third kappa shape index (κ3) is 5.54. The van der Waals surface area contributed by atoms with E-state index in [1.807, 2.05) is 13.8 Å². The molecule has 0 unspecified atom stereocenters. The summed E-state index contributed by atoms with van der Waals surface area (Å²) < 4.78 is 37.5. The third-order valence-corrected chi connectivity index (χ3v) is 3.04. The van der Waals surface area contributed by atoms with Crippen LogP contribution in [-0.4, -0.2) is 30.3 Å². The third-order valence-electron chi connectivity index (χ3n) is 2.70. The molecule has 0 amide bonds. The Morgan fingerprint density at radius 1 is 1.40 bits per heavy atom. The number of nitrogens with one attached hydrogen (secondary N) is 1. The molecule has 0 aromatic carbocycles. The van der Waals surface area contributed by atoms with E-state index in [4.69, 9.17) is 11.6 Å². The lowest BCUT2D eigenvalue weighted by molar-refractivity contribution is -0.119. The van der Waals surface area contributed by atoms with Crippen molar-refractivity contribution < 1.29 is 13.2 Å². The van der Waals surface area contributed by atoms with Gasteiger partial charge in [-0.25, -0.2) is 4.98 Å². The van der Waals surface area contributed by atoms with Gasteiger partial charge in [0.2, 0.25) is 0 Å². The molecule has 114 valence electrons. The summed E-state index contributed by atoms with van der Waals surface area (Å²) in [6.07, 6.45) is -2.86. The maximum atomic E-state index is 12.5. The van der Waals surface area contributed by atoms with E-state index in [1.165, 1.54) is 11.1 Å². The summed E-state index contributed by atoms with van der Waals surface area (Å²) in [6.45, 7) is 5.33. The second-order valence-corrected chi connectivity index (χ2v) is 5.21. The highest BCUT2D eigenvalue weighted by Crippen LogP contribution is 2.24. The van der Waals surface area contributed by atoms with Crippen molar-refractivity contribution in [3.63, 3.8) is 0 Å². The van der Waals surface area contributed by atoms with Gasteiger partial charge >= 0.3 is 6.18 Å². The highest BCUT2D eigenvalue weighted by molar-refractivity contribution is 6.31. The topological polar surface area (TPSA) is 28.2 Å². The van der Waals surface area contributed by atoms with Gasteiger partial charge in [0.15, 0.2) is 0 Å². The first-order chi connectivity index (χ1) is 9.23. The molecule has 0 spiro atoms. The van der Waals surface area contributed by atoms with E-state index in [0.717, 1.165) is 5.56 Å². The van der Waals surface area contributed by atoms with E-state index in [2.05, 4.69) is 10.3 Å². The normalized spacial score (nSPS) is 12.0. The maximum Gasteiger partial charge on any atom is 0.405 e. The minimum absolute atomic E-state index is 0.227. The van der Waals surface area contributed by atoms with Gasteiger partial charge in [-0.15, -0.1) is 0 Å². The molecular weight excluding hydrogens is 291 g/mol. The van der Waals surface area contributed by atoms with Gasteiger partial charge in [0.25, 0.3) is 0 Å². The van der Waals surface area contributed by atoms with Crippen molar-refractivity contribution in [2.45, 2.75) is 39.5 Å². The van der Waals surface area contributed by atoms with Crippen molar-refractivity contribution in [3.05, 3.63) is 22.8 Å². The number of alkyl halides is 3. The highest BCUT2D eigenvalue weighted by atomic mass is 35.5. The predicted molar refractivity (Wildman–Crippen MR) is 75.2 cm³/mol. The molecule has 0 fully saturated rings. The summed E-state index contributed by atoms with van der Waals surface area (Å²) in [7, 11) is 0. The molecule has 1 aromatic heterocycles. The second kappa shape index (κ2) is 7.13. The minimum atomic E-state index is -4.26. The van der Waals surface area contributed by atoms with Gasteiger partial charge in [-0.3, -0.25) is 0 Å². The van der Waals surface area contributed by atoms with Crippen LogP contribution in [0.1, 0.15) is 26.3 Å². The standard InChI is InChI=1S/C13H19ClF3N3/c1-4-20(8-13(15,16)17)12-5-10(6-18-9(2)3)11(14)7-19-12/h5,7,9,18H,4,6,8H2,1-3H3. The first-order valence-corrected chi connectivity index (χ1v) is 6.80. The van der Waals surface area contributed by atoms with Crippen LogP contribution in [0, 0.1) is 0 Å². The Bertz CT molecular complexity index is 435. The van der Waals surface area contributed by atoms with E-state index < -0.39 is 12.7 Å². The Morgan fingerprint density at radius 3 is 2.55 bits per heavy atom. The monoisotopic (exact) mass is 309 g/mol. The summed E-state index contributed by atoms with van der Waals surface area (Å²) in [6, 6.07) is 1.87. The van der Waals surface area contributed by atoms with Crippen molar-refractivity contribution >= 4 is 17.4 Å². The largest absolute Gasteiger partial charge is 0.405 e. The Hall–Kier alpha value is -1.01. The average molecular weight is 310 g/mol. The van der Waals surface area contributed by atoms with E-state index in [-0.39, 0.29) is 18.4 Å². The molecule has 0 saturated carbocycles. The molecule has 0 aliphatic heterocycles. The van der Waals surface area contributed by atoms with Crippen molar-refractivity contribution in [1.82, 2.24) is 10.3 Å². The molecule has 0 atom stereocenters. The molecule has 1 rings (SSSR count). The van der Waals surface area contributed by atoms with Crippen LogP contribution >= 0.6 is 11.6 Å². The minimum Gasteiger partial charge on any atom is -0.348 e. The first kappa shape index (κ1) is 17.0. The van der Waals surface area contributed by atoms with Crippen LogP contribution in [0.25, 0.3) is 0 Å². The molecule has 0 radical (unpaired) electrons. The molecule has 1 heterocycles. The molecule has 0 bridgehead atoms. The molecular formula is C13H19ClF3N3. The van der Waals surface area contributed by atoms with Gasteiger partial charge in [-0.05, 0) is 18.6 Å². The molecule has 0 saturated heterocycles. The van der Waals surface area contributed by atoms with E-state index >= 15 is 0 Å². The molecule has 0 aliphatic carbocycles. The Labute approximate surface area is 122 Å². The number of rotatable bonds is 6. The maximum absolute atomic E-state index is 12.5. The zero-order valence-electron chi connectivity index (χ0n) is 11.8. The summed E-state index contributed by atoms with van der Waals surface area (Å²) in [5.74, 6) is 0.287. The molecule has 1 aromatic rings. The fourth-order valence-electron chi connectivity index (χ4n) is 1.66. The first-order valence-electron chi connectivity index (χ1n) is 6.42. The van der Waals surface area contributed by atoms with E-state index in [0.29, 0.717) is 11.6 Å². The lowest BCUT2D eigenvalue weighted by Crippen LogP contribution is -2.34. The smallest absolute Gasteiger partial charge is 0.348 e.